The molecule has 0 aliphatic rings. The van der Waals surface area contributed by atoms with Crippen molar-refractivity contribution in [1.29, 1.82) is 0 Å². The molecule has 0 aromatic carbocycles. The Hall–Kier alpha value is -1.67. The highest BCUT2D eigenvalue weighted by Gasteiger charge is 2.24. The molecule has 0 radical (unpaired) electrons. The molecule has 128 valence electrons. The number of aromatic nitrogens is 4. The molecule has 2 rings (SSSR count). The van der Waals surface area contributed by atoms with Gasteiger partial charge in [0.1, 0.15) is 4.90 Å². The smallest absolute Gasteiger partial charge is 0.244 e. The zero-order chi connectivity index (χ0) is 17.2. The van der Waals surface area contributed by atoms with E-state index in [2.05, 4.69) is 14.9 Å². The average molecular weight is 339 g/mol. The van der Waals surface area contributed by atoms with E-state index < -0.39 is 10.0 Å². The Kier molecular flexibility index (Phi) is 5.26. The highest BCUT2D eigenvalue weighted by atomic mass is 32.2. The first kappa shape index (κ1) is 17.7. The van der Waals surface area contributed by atoms with Gasteiger partial charge in [-0.15, -0.1) is 0 Å². The van der Waals surface area contributed by atoms with Gasteiger partial charge in [0, 0.05) is 31.5 Å². The molecular formula is C15H25N5O2S. The first-order valence-electron chi connectivity index (χ1n) is 7.78. The van der Waals surface area contributed by atoms with Crippen molar-refractivity contribution in [3.8, 4) is 0 Å². The van der Waals surface area contributed by atoms with Gasteiger partial charge in [0.2, 0.25) is 10.0 Å². The van der Waals surface area contributed by atoms with E-state index in [0.29, 0.717) is 35.9 Å². The number of nitrogens with one attached hydrogen (secondary N) is 1. The Morgan fingerprint density at radius 3 is 2.48 bits per heavy atom. The third kappa shape index (κ3) is 3.81. The number of hydrogen-bond acceptors (Lipinski definition) is 4. The lowest BCUT2D eigenvalue weighted by atomic mass is 10.2. The average Bonchev–Trinajstić information content (AvgIpc) is 3.00. The predicted molar refractivity (Wildman–Crippen MR) is 88.7 cm³/mol. The van der Waals surface area contributed by atoms with E-state index in [9.17, 15) is 8.42 Å². The van der Waals surface area contributed by atoms with E-state index in [1.165, 1.54) is 0 Å². The summed E-state index contributed by atoms with van der Waals surface area (Å²) in [7, 11) is -3.56. The minimum atomic E-state index is -3.56. The third-order valence-corrected chi connectivity index (χ3v) is 5.59. The van der Waals surface area contributed by atoms with E-state index in [1.54, 1.807) is 24.7 Å². The molecule has 8 heteroatoms. The van der Waals surface area contributed by atoms with Crippen molar-refractivity contribution in [2.75, 3.05) is 6.54 Å². The van der Waals surface area contributed by atoms with E-state index in [1.807, 2.05) is 31.5 Å². The van der Waals surface area contributed by atoms with Gasteiger partial charge in [-0.1, -0.05) is 6.92 Å². The van der Waals surface area contributed by atoms with Crippen molar-refractivity contribution >= 4 is 10.0 Å². The largest absolute Gasteiger partial charge is 0.270 e. The molecule has 23 heavy (non-hydrogen) atoms. The van der Waals surface area contributed by atoms with Crippen molar-refractivity contribution in [3.63, 3.8) is 0 Å². The van der Waals surface area contributed by atoms with Crippen molar-refractivity contribution in [2.24, 2.45) is 5.92 Å². The van der Waals surface area contributed by atoms with Crippen LogP contribution >= 0.6 is 0 Å². The van der Waals surface area contributed by atoms with E-state index >= 15 is 0 Å². The predicted octanol–water partition coefficient (Wildman–Crippen LogP) is 1.64. The highest BCUT2D eigenvalue weighted by Crippen LogP contribution is 2.19. The van der Waals surface area contributed by atoms with Crippen LogP contribution in [0.5, 0.6) is 0 Å². The Morgan fingerprint density at radius 2 is 1.96 bits per heavy atom. The summed E-state index contributed by atoms with van der Waals surface area (Å²) in [6.07, 6.45) is 1.75. The molecule has 1 atom stereocenters. The van der Waals surface area contributed by atoms with Gasteiger partial charge in [-0.25, -0.2) is 13.1 Å². The Morgan fingerprint density at radius 1 is 1.26 bits per heavy atom. The molecule has 2 heterocycles. The number of sulfonamides is 1. The van der Waals surface area contributed by atoms with Gasteiger partial charge >= 0.3 is 0 Å². The molecule has 1 N–H and O–H groups in total. The fraction of sp³-hybridized carbons (Fsp3) is 0.600. The number of aryl methyl sites for hydroxylation is 3. The summed E-state index contributed by atoms with van der Waals surface area (Å²) in [6, 6.07) is 1.93. The van der Waals surface area contributed by atoms with Crippen molar-refractivity contribution in [2.45, 2.75) is 52.6 Å². The maximum absolute atomic E-state index is 12.6. The van der Waals surface area contributed by atoms with Crippen molar-refractivity contribution < 1.29 is 8.42 Å². The Labute approximate surface area is 137 Å². The van der Waals surface area contributed by atoms with Gasteiger partial charge in [-0.05, 0) is 39.7 Å². The second-order valence-corrected chi connectivity index (χ2v) is 7.63. The number of nitrogens with zero attached hydrogens (tertiary/aromatic N) is 4. The summed E-state index contributed by atoms with van der Waals surface area (Å²) in [5, 5.41) is 8.50. The van der Waals surface area contributed by atoms with Crippen LogP contribution in [0.3, 0.4) is 0 Å². The number of hydrogen-bond donors (Lipinski definition) is 1. The molecule has 0 aliphatic carbocycles. The molecule has 0 aliphatic heterocycles. The topological polar surface area (TPSA) is 81.8 Å². The standard InChI is InChI=1S/C15H25N5O2S/c1-6-19-14(5)15(13(4)18-19)23(21,22)17-9-11(2)10-20-12(3)7-8-16-20/h7-8,11,17H,6,9-10H2,1-5H3/t11-/m1/s1. The molecule has 0 saturated carbocycles. The van der Waals surface area contributed by atoms with Crippen LogP contribution in [0.2, 0.25) is 0 Å². The van der Waals surface area contributed by atoms with Gasteiger partial charge in [-0.2, -0.15) is 10.2 Å². The monoisotopic (exact) mass is 339 g/mol. The SMILES string of the molecule is CCn1nc(C)c(S(=O)(=O)NC[C@@H](C)Cn2nccc2C)c1C. The summed E-state index contributed by atoms with van der Waals surface area (Å²) < 4.78 is 31.5. The van der Waals surface area contributed by atoms with Crippen LogP contribution in [0.1, 0.15) is 30.9 Å². The van der Waals surface area contributed by atoms with Crippen molar-refractivity contribution in [3.05, 3.63) is 29.3 Å². The molecule has 0 saturated heterocycles. The lowest BCUT2D eigenvalue weighted by molar-refractivity contribution is 0.437. The zero-order valence-electron chi connectivity index (χ0n) is 14.4. The van der Waals surface area contributed by atoms with Crippen LogP contribution in [0.4, 0.5) is 0 Å². The van der Waals surface area contributed by atoms with Crippen LogP contribution in [0.25, 0.3) is 0 Å². The molecule has 0 spiro atoms. The maximum Gasteiger partial charge on any atom is 0.244 e. The lowest BCUT2D eigenvalue weighted by Crippen LogP contribution is -2.31. The quantitative estimate of drug-likeness (QED) is 0.831. The molecule has 0 bridgehead atoms. The first-order valence-corrected chi connectivity index (χ1v) is 9.26. The van der Waals surface area contributed by atoms with Crippen molar-refractivity contribution in [1.82, 2.24) is 24.3 Å². The van der Waals surface area contributed by atoms with Gasteiger partial charge in [0.15, 0.2) is 0 Å². The molecule has 2 aromatic heterocycles. The van der Waals surface area contributed by atoms with Crippen LogP contribution < -0.4 is 4.72 Å². The third-order valence-electron chi connectivity index (χ3n) is 3.92. The van der Waals surface area contributed by atoms with E-state index in [0.717, 1.165) is 5.69 Å². The lowest BCUT2D eigenvalue weighted by Gasteiger charge is -2.14. The fourth-order valence-corrected chi connectivity index (χ4v) is 4.22. The molecule has 0 fully saturated rings. The molecule has 2 aromatic rings. The highest BCUT2D eigenvalue weighted by molar-refractivity contribution is 7.89. The first-order chi connectivity index (χ1) is 10.8. The van der Waals surface area contributed by atoms with Crippen LogP contribution in [0.15, 0.2) is 17.2 Å². The zero-order valence-corrected chi connectivity index (χ0v) is 15.2. The normalized spacial score (nSPS) is 13.4. The van der Waals surface area contributed by atoms with E-state index in [4.69, 9.17) is 0 Å². The van der Waals surface area contributed by atoms with Crippen LogP contribution in [-0.2, 0) is 23.1 Å². The summed E-state index contributed by atoms with van der Waals surface area (Å²) >= 11 is 0. The second kappa shape index (κ2) is 6.84. The van der Waals surface area contributed by atoms with Crippen LogP contribution in [-0.4, -0.2) is 34.5 Å². The molecule has 0 unspecified atom stereocenters. The molecule has 0 amide bonds. The fourth-order valence-electron chi connectivity index (χ4n) is 2.65. The van der Waals surface area contributed by atoms with Crippen LogP contribution in [0, 0.1) is 26.7 Å². The summed E-state index contributed by atoms with van der Waals surface area (Å²) in [5.41, 5.74) is 2.27. The second-order valence-electron chi connectivity index (χ2n) is 5.93. The van der Waals surface area contributed by atoms with Gasteiger partial charge < -0.3 is 0 Å². The summed E-state index contributed by atoms with van der Waals surface area (Å²) in [6.45, 7) is 11.1. The van der Waals surface area contributed by atoms with E-state index in [-0.39, 0.29) is 5.92 Å². The maximum atomic E-state index is 12.6. The summed E-state index contributed by atoms with van der Waals surface area (Å²) in [4.78, 5) is 0.293. The Bertz CT molecular complexity index is 776. The molecular weight excluding hydrogens is 314 g/mol. The van der Waals surface area contributed by atoms with Gasteiger partial charge in [-0.3, -0.25) is 9.36 Å². The summed E-state index contributed by atoms with van der Waals surface area (Å²) in [5.74, 6) is 0.130. The molecule has 7 nitrogen and oxygen atoms in total. The van der Waals surface area contributed by atoms with Gasteiger partial charge in [0.05, 0.1) is 11.4 Å². The number of rotatable bonds is 7. The minimum absolute atomic E-state index is 0.130. The Balaban J connectivity index is 2.07. The van der Waals surface area contributed by atoms with Gasteiger partial charge in [0.25, 0.3) is 0 Å². The minimum Gasteiger partial charge on any atom is -0.270 e.